The van der Waals surface area contributed by atoms with E-state index in [2.05, 4.69) is 126 Å². The third-order valence-corrected chi connectivity index (χ3v) is 8.40. The van der Waals surface area contributed by atoms with Crippen LogP contribution in [0.25, 0.3) is 28.3 Å². The minimum Gasteiger partial charge on any atom is -0.323 e. The van der Waals surface area contributed by atoms with Gasteiger partial charge in [-0.25, -0.2) is 0 Å². The largest absolute Gasteiger partial charge is 0.323 e. The highest BCUT2D eigenvalue weighted by Crippen LogP contribution is 2.37. The Morgan fingerprint density at radius 3 is 1.49 bits per heavy atom. The Balaban J connectivity index is 1.36. The van der Waals surface area contributed by atoms with Gasteiger partial charge < -0.3 is 9.80 Å². The van der Waals surface area contributed by atoms with Crippen molar-refractivity contribution < 1.29 is 4.79 Å². The van der Waals surface area contributed by atoms with Crippen LogP contribution in [-0.2, 0) is 4.79 Å². The number of thiocarbonyl (C=S) groups is 1. The number of carbonyl (C=O) groups is 1. The zero-order chi connectivity index (χ0) is 28.2. The third-order valence-electron chi connectivity index (χ3n) is 7.14. The molecule has 0 unspecified atom stereocenters. The average Bonchev–Trinajstić information content (AvgIpc) is 3.30. The highest BCUT2D eigenvalue weighted by Gasteiger charge is 2.30. The molecule has 6 rings (SSSR count). The van der Waals surface area contributed by atoms with E-state index in [1.165, 1.54) is 22.3 Å². The van der Waals surface area contributed by atoms with E-state index in [1.807, 2.05) is 30.0 Å². The summed E-state index contributed by atoms with van der Waals surface area (Å²) >= 11 is 6.50. The molecule has 1 saturated heterocycles. The van der Waals surface area contributed by atoms with Crippen molar-refractivity contribution in [3.63, 3.8) is 0 Å². The van der Waals surface area contributed by atoms with Crippen LogP contribution in [0.15, 0.2) is 139 Å². The monoisotopic (exact) mass is 568 g/mol. The second kappa shape index (κ2) is 12.0. The summed E-state index contributed by atoms with van der Waals surface area (Å²) in [5.74, 6) is 0. The SMILES string of the molecule is CCN1C(=S)SC(=O)C1=Cc1ccc(N(c2ccc(-c3ccccc3)cc2)c2ccc(-c3ccccc3)cc2)cc1. The summed E-state index contributed by atoms with van der Waals surface area (Å²) in [6, 6.07) is 46.5. The molecule has 0 saturated carbocycles. The first kappa shape index (κ1) is 26.8. The van der Waals surface area contributed by atoms with Gasteiger partial charge in [-0.1, -0.05) is 109 Å². The Kier molecular flexibility index (Phi) is 7.81. The van der Waals surface area contributed by atoms with Crippen LogP contribution in [0.3, 0.4) is 0 Å². The van der Waals surface area contributed by atoms with E-state index in [-0.39, 0.29) is 5.12 Å². The van der Waals surface area contributed by atoms with Gasteiger partial charge in [0, 0.05) is 23.6 Å². The number of nitrogens with zero attached hydrogens (tertiary/aromatic N) is 2. The lowest BCUT2D eigenvalue weighted by Gasteiger charge is -2.26. The number of benzene rings is 5. The Bertz CT molecular complexity index is 1610. The summed E-state index contributed by atoms with van der Waals surface area (Å²) in [7, 11) is 0. The maximum atomic E-state index is 12.5. The molecule has 0 atom stereocenters. The molecule has 1 aliphatic heterocycles. The van der Waals surface area contributed by atoms with Crippen molar-refractivity contribution in [2.75, 3.05) is 11.4 Å². The van der Waals surface area contributed by atoms with Crippen LogP contribution in [-0.4, -0.2) is 20.9 Å². The average molecular weight is 569 g/mol. The van der Waals surface area contributed by atoms with Crippen molar-refractivity contribution in [2.45, 2.75) is 6.92 Å². The van der Waals surface area contributed by atoms with E-state index >= 15 is 0 Å². The lowest BCUT2D eigenvalue weighted by molar-refractivity contribution is -0.108. The molecular weight excluding hydrogens is 541 g/mol. The number of likely N-dealkylation sites (N-methyl/N-ethyl adjacent to an activating group) is 1. The van der Waals surface area contributed by atoms with Gasteiger partial charge in [0.25, 0.3) is 0 Å². The maximum absolute atomic E-state index is 12.5. The molecule has 0 radical (unpaired) electrons. The highest BCUT2D eigenvalue weighted by atomic mass is 32.2. The Morgan fingerprint density at radius 2 is 1.05 bits per heavy atom. The van der Waals surface area contributed by atoms with Crippen molar-refractivity contribution in [2.24, 2.45) is 0 Å². The predicted octanol–water partition coefficient (Wildman–Crippen LogP) is 9.71. The fourth-order valence-electron chi connectivity index (χ4n) is 5.02. The number of anilines is 3. The molecule has 200 valence electrons. The highest BCUT2D eigenvalue weighted by molar-refractivity contribution is 8.33. The Labute approximate surface area is 250 Å². The van der Waals surface area contributed by atoms with Crippen molar-refractivity contribution in [3.05, 3.63) is 145 Å². The van der Waals surface area contributed by atoms with E-state index in [0.717, 1.165) is 34.4 Å². The molecule has 0 N–H and O–H groups in total. The van der Waals surface area contributed by atoms with Gasteiger partial charge in [0.2, 0.25) is 5.12 Å². The lowest BCUT2D eigenvalue weighted by Crippen LogP contribution is -2.21. The molecule has 1 aliphatic rings. The summed E-state index contributed by atoms with van der Waals surface area (Å²) in [6.07, 6.45) is 1.93. The maximum Gasteiger partial charge on any atom is 0.242 e. The van der Waals surface area contributed by atoms with Crippen LogP contribution in [0, 0.1) is 0 Å². The fourth-order valence-corrected chi connectivity index (χ4v) is 6.25. The molecular formula is C36H28N2OS2. The summed E-state index contributed by atoms with van der Waals surface area (Å²) in [5.41, 5.74) is 9.48. The van der Waals surface area contributed by atoms with Crippen LogP contribution in [0.4, 0.5) is 17.1 Å². The van der Waals surface area contributed by atoms with Crippen LogP contribution in [0.5, 0.6) is 0 Å². The van der Waals surface area contributed by atoms with Gasteiger partial charge in [0.05, 0.1) is 5.70 Å². The molecule has 5 heteroatoms. The quantitative estimate of drug-likeness (QED) is 0.144. The van der Waals surface area contributed by atoms with Gasteiger partial charge in [-0.15, -0.1) is 0 Å². The van der Waals surface area contributed by atoms with Gasteiger partial charge in [0.15, 0.2) is 0 Å². The number of rotatable bonds is 7. The second-order valence-corrected chi connectivity index (χ2v) is 11.3. The minimum absolute atomic E-state index is 0.000403. The molecule has 0 bridgehead atoms. The van der Waals surface area contributed by atoms with Crippen molar-refractivity contribution in [1.29, 1.82) is 0 Å². The molecule has 41 heavy (non-hydrogen) atoms. The van der Waals surface area contributed by atoms with Crippen LogP contribution >= 0.6 is 24.0 Å². The molecule has 5 aromatic carbocycles. The number of hydrogen-bond donors (Lipinski definition) is 0. The smallest absolute Gasteiger partial charge is 0.242 e. The van der Waals surface area contributed by atoms with Crippen molar-refractivity contribution in [1.82, 2.24) is 4.90 Å². The van der Waals surface area contributed by atoms with Gasteiger partial charge in [-0.2, -0.15) is 0 Å². The molecule has 0 amide bonds. The zero-order valence-electron chi connectivity index (χ0n) is 22.6. The van der Waals surface area contributed by atoms with Crippen molar-refractivity contribution >= 4 is 56.6 Å². The van der Waals surface area contributed by atoms with E-state index in [1.54, 1.807) is 0 Å². The van der Waals surface area contributed by atoms with Gasteiger partial charge >= 0.3 is 0 Å². The number of thioether (sulfide) groups is 1. The number of carbonyl (C=O) groups excluding carboxylic acids is 1. The fraction of sp³-hybridized carbons (Fsp3) is 0.0556. The molecule has 0 aliphatic carbocycles. The summed E-state index contributed by atoms with van der Waals surface area (Å²) in [4.78, 5) is 16.7. The normalized spacial score (nSPS) is 14.1. The first-order valence-electron chi connectivity index (χ1n) is 13.6. The van der Waals surface area contributed by atoms with Crippen LogP contribution in [0.1, 0.15) is 12.5 Å². The number of hydrogen-bond acceptors (Lipinski definition) is 4. The second-order valence-electron chi connectivity index (χ2n) is 9.68. The molecule has 0 spiro atoms. The van der Waals surface area contributed by atoms with Gasteiger partial charge in [0.1, 0.15) is 4.32 Å². The predicted molar refractivity (Wildman–Crippen MR) is 178 cm³/mol. The molecule has 3 nitrogen and oxygen atoms in total. The van der Waals surface area contributed by atoms with Crippen LogP contribution in [0.2, 0.25) is 0 Å². The first-order chi connectivity index (χ1) is 20.1. The van der Waals surface area contributed by atoms with Gasteiger partial charge in [-0.05, 0) is 89.0 Å². The molecule has 0 aromatic heterocycles. The van der Waals surface area contributed by atoms with E-state index in [9.17, 15) is 4.79 Å². The topological polar surface area (TPSA) is 23.6 Å². The molecule has 1 heterocycles. The summed E-state index contributed by atoms with van der Waals surface area (Å²) in [5, 5.41) is -0.000403. The first-order valence-corrected chi connectivity index (χ1v) is 14.8. The van der Waals surface area contributed by atoms with E-state index < -0.39 is 0 Å². The summed E-state index contributed by atoms with van der Waals surface area (Å²) in [6.45, 7) is 2.68. The Morgan fingerprint density at radius 1 is 0.634 bits per heavy atom. The van der Waals surface area contributed by atoms with E-state index in [4.69, 9.17) is 12.2 Å². The van der Waals surface area contributed by atoms with Gasteiger partial charge in [-0.3, -0.25) is 4.79 Å². The third kappa shape index (κ3) is 5.73. The standard InChI is InChI=1S/C36H28N2OS2/c1-2-37-34(35(39)41-36(37)40)25-26-13-19-31(20-14-26)38(32-21-15-29(16-22-32)27-9-5-3-6-10-27)33-23-17-30(18-24-33)28-11-7-4-8-12-28/h3-25H,2H2,1H3. The Hall–Kier alpha value is -4.45. The molecule has 5 aromatic rings. The van der Waals surface area contributed by atoms with Crippen LogP contribution < -0.4 is 4.90 Å². The zero-order valence-corrected chi connectivity index (χ0v) is 24.2. The van der Waals surface area contributed by atoms with Crippen molar-refractivity contribution in [3.8, 4) is 22.3 Å². The minimum atomic E-state index is -0.000403. The summed E-state index contributed by atoms with van der Waals surface area (Å²) < 4.78 is 0.615. The lowest BCUT2D eigenvalue weighted by atomic mass is 10.0. The van der Waals surface area contributed by atoms with E-state index in [0.29, 0.717) is 16.6 Å². The molecule has 1 fully saturated rings.